The SMILES string of the molecule is O=S(=O)(O)c1cc(O)c2ccc(Nc3nc(F)nc(F)n3)cc2c1. The van der Waals surface area contributed by atoms with E-state index in [1.54, 1.807) is 0 Å². The third-order valence-electron chi connectivity index (χ3n) is 3.04. The van der Waals surface area contributed by atoms with Crippen LogP contribution >= 0.6 is 0 Å². The van der Waals surface area contributed by atoms with Gasteiger partial charge in [-0.05, 0) is 29.7 Å². The van der Waals surface area contributed by atoms with Gasteiger partial charge in [0, 0.05) is 17.1 Å². The van der Waals surface area contributed by atoms with E-state index >= 15 is 0 Å². The Morgan fingerprint density at radius 1 is 1.00 bits per heavy atom. The minimum absolute atomic E-state index is 0.252. The van der Waals surface area contributed by atoms with E-state index in [2.05, 4.69) is 20.3 Å². The average molecular weight is 354 g/mol. The van der Waals surface area contributed by atoms with Crippen LogP contribution in [-0.4, -0.2) is 33.0 Å². The summed E-state index contributed by atoms with van der Waals surface area (Å²) < 4.78 is 57.4. The number of rotatable bonds is 3. The van der Waals surface area contributed by atoms with Gasteiger partial charge in [-0.1, -0.05) is 0 Å². The van der Waals surface area contributed by atoms with Crippen LogP contribution in [0.25, 0.3) is 10.8 Å². The molecule has 2 aromatic carbocycles. The Morgan fingerprint density at radius 3 is 2.29 bits per heavy atom. The Hall–Kier alpha value is -2.92. The second-order valence-corrected chi connectivity index (χ2v) is 6.10. The van der Waals surface area contributed by atoms with E-state index in [1.807, 2.05) is 0 Å². The Kier molecular flexibility index (Phi) is 3.73. The summed E-state index contributed by atoms with van der Waals surface area (Å²) in [7, 11) is -4.51. The van der Waals surface area contributed by atoms with Crippen molar-refractivity contribution < 1.29 is 26.9 Å². The smallest absolute Gasteiger partial charge is 0.315 e. The molecule has 124 valence electrons. The van der Waals surface area contributed by atoms with Crippen molar-refractivity contribution in [2.24, 2.45) is 0 Å². The minimum Gasteiger partial charge on any atom is -0.507 e. The molecular weight excluding hydrogens is 346 g/mol. The van der Waals surface area contributed by atoms with Gasteiger partial charge in [0.1, 0.15) is 5.75 Å². The zero-order valence-corrected chi connectivity index (χ0v) is 12.4. The first kappa shape index (κ1) is 16.0. The molecule has 0 aliphatic heterocycles. The standard InChI is InChI=1S/C13H8F2N4O4S/c14-11-17-12(15)19-13(18-11)16-7-1-2-9-6(3-7)4-8(5-10(9)20)24(21,22)23/h1-5,20H,(H,21,22,23)(H,16,17,18,19). The number of fused-ring (bicyclic) bond motifs is 1. The molecule has 11 heteroatoms. The topological polar surface area (TPSA) is 125 Å². The quantitative estimate of drug-likeness (QED) is 0.610. The number of hydrogen-bond acceptors (Lipinski definition) is 7. The molecule has 0 amide bonds. The molecule has 8 nitrogen and oxygen atoms in total. The first-order chi connectivity index (χ1) is 11.2. The van der Waals surface area contributed by atoms with Crippen LogP contribution in [-0.2, 0) is 10.1 Å². The number of aromatic hydroxyl groups is 1. The van der Waals surface area contributed by atoms with E-state index in [1.165, 1.54) is 18.2 Å². The summed E-state index contributed by atoms with van der Waals surface area (Å²) in [5.41, 5.74) is 0.263. The molecule has 3 aromatic rings. The number of nitrogens with one attached hydrogen (secondary N) is 1. The molecule has 0 aliphatic carbocycles. The summed E-state index contributed by atoms with van der Waals surface area (Å²) in [5.74, 6) is -0.751. The van der Waals surface area contributed by atoms with E-state index in [-0.39, 0.29) is 16.8 Å². The maximum absolute atomic E-state index is 13.0. The fourth-order valence-corrected chi connectivity index (χ4v) is 2.60. The third-order valence-corrected chi connectivity index (χ3v) is 3.87. The van der Waals surface area contributed by atoms with Gasteiger partial charge in [-0.2, -0.15) is 32.2 Å². The zero-order chi connectivity index (χ0) is 17.5. The predicted octanol–water partition coefficient (Wildman–Crippen LogP) is 2.00. The molecule has 0 radical (unpaired) electrons. The Morgan fingerprint density at radius 2 is 1.67 bits per heavy atom. The summed E-state index contributed by atoms with van der Waals surface area (Å²) >= 11 is 0. The fraction of sp³-hybridized carbons (Fsp3) is 0. The number of aromatic nitrogens is 3. The summed E-state index contributed by atoms with van der Waals surface area (Å²) in [6.07, 6.45) is -2.62. The van der Waals surface area contributed by atoms with Crippen molar-refractivity contribution in [2.75, 3.05) is 5.32 Å². The second-order valence-electron chi connectivity index (χ2n) is 4.68. The van der Waals surface area contributed by atoms with Crippen LogP contribution in [0.5, 0.6) is 5.75 Å². The lowest BCUT2D eigenvalue weighted by Gasteiger charge is -2.08. The van der Waals surface area contributed by atoms with Gasteiger partial charge < -0.3 is 10.4 Å². The summed E-state index contributed by atoms with van der Waals surface area (Å²) in [5, 5.41) is 12.9. The van der Waals surface area contributed by atoms with Crippen LogP contribution in [0, 0.1) is 12.2 Å². The summed E-state index contributed by atoms with van der Waals surface area (Å²) in [4.78, 5) is 8.77. The molecule has 0 aliphatic rings. The van der Waals surface area contributed by atoms with E-state index < -0.39 is 33.1 Å². The average Bonchev–Trinajstić information content (AvgIpc) is 2.44. The molecule has 24 heavy (non-hydrogen) atoms. The van der Waals surface area contributed by atoms with Gasteiger partial charge in [0.2, 0.25) is 5.95 Å². The molecule has 0 spiro atoms. The molecule has 0 bridgehead atoms. The highest BCUT2D eigenvalue weighted by molar-refractivity contribution is 7.85. The number of anilines is 2. The van der Waals surface area contributed by atoms with Crippen molar-refractivity contribution in [3.8, 4) is 5.75 Å². The molecule has 0 saturated heterocycles. The maximum atomic E-state index is 13.0. The molecule has 0 fully saturated rings. The van der Waals surface area contributed by atoms with Crippen LogP contribution < -0.4 is 5.32 Å². The van der Waals surface area contributed by atoms with Crippen molar-refractivity contribution in [1.82, 2.24) is 15.0 Å². The lowest BCUT2D eigenvalue weighted by molar-refractivity contribution is 0.458. The van der Waals surface area contributed by atoms with Gasteiger partial charge in [0.25, 0.3) is 10.1 Å². The fourth-order valence-electron chi connectivity index (χ4n) is 2.06. The van der Waals surface area contributed by atoms with Gasteiger partial charge in [0.15, 0.2) is 0 Å². The first-order valence-corrected chi connectivity index (χ1v) is 7.75. The first-order valence-electron chi connectivity index (χ1n) is 6.31. The normalized spacial score (nSPS) is 11.6. The maximum Gasteiger partial charge on any atom is 0.315 e. The van der Waals surface area contributed by atoms with E-state index in [4.69, 9.17) is 4.55 Å². The Bertz CT molecular complexity index is 1040. The van der Waals surface area contributed by atoms with Crippen molar-refractivity contribution >= 4 is 32.5 Å². The molecule has 1 aromatic heterocycles. The third kappa shape index (κ3) is 3.21. The highest BCUT2D eigenvalue weighted by Crippen LogP contribution is 2.31. The van der Waals surface area contributed by atoms with Gasteiger partial charge in [0.05, 0.1) is 4.90 Å². The predicted molar refractivity (Wildman–Crippen MR) is 78.5 cm³/mol. The Labute approximate surface area is 133 Å². The molecule has 1 heterocycles. The number of phenolic OH excluding ortho intramolecular Hbond substituents is 1. The van der Waals surface area contributed by atoms with Crippen molar-refractivity contribution in [1.29, 1.82) is 0 Å². The molecule has 3 N–H and O–H groups in total. The zero-order valence-electron chi connectivity index (χ0n) is 11.6. The minimum atomic E-state index is -4.51. The lowest BCUT2D eigenvalue weighted by Crippen LogP contribution is -2.04. The van der Waals surface area contributed by atoms with Crippen molar-refractivity contribution in [3.05, 3.63) is 42.5 Å². The summed E-state index contributed by atoms with van der Waals surface area (Å²) in [6, 6.07) is 6.30. The van der Waals surface area contributed by atoms with E-state index in [0.717, 1.165) is 12.1 Å². The van der Waals surface area contributed by atoms with Crippen LogP contribution in [0.1, 0.15) is 0 Å². The Balaban J connectivity index is 2.07. The van der Waals surface area contributed by atoms with Gasteiger partial charge in [-0.3, -0.25) is 4.55 Å². The molecule has 0 atom stereocenters. The van der Waals surface area contributed by atoms with E-state index in [9.17, 15) is 22.3 Å². The molecule has 3 rings (SSSR count). The van der Waals surface area contributed by atoms with Gasteiger partial charge >= 0.3 is 12.2 Å². The van der Waals surface area contributed by atoms with E-state index in [0.29, 0.717) is 5.39 Å². The number of halogens is 2. The number of benzene rings is 2. The highest BCUT2D eigenvalue weighted by Gasteiger charge is 2.14. The van der Waals surface area contributed by atoms with Crippen molar-refractivity contribution in [2.45, 2.75) is 4.90 Å². The molecular formula is C13H8F2N4O4S. The van der Waals surface area contributed by atoms with Crippen LogP contribution in [0.3, 0.4) is 0 Å². The van der Waals surface area contributed by atoms with Crippen LogP contribution in [0.2, 0.25) is 0 Å². The molecule has 0 unspecified atom stereocenters. The van der Waals surface area contributed by atoms with Gasteiger partial charge in [-0.15, -0.1) is 0 Å². The number of nitrogens with zero attached hydrogens (tertiary/aromatic N) is 3. The van der Waals surface area contributed by atoms with Crippen molar-refractivity contribution in [3.63, 3.8) is 0 Å². The largest absolute Gasteiger partial charge is 0.507 e. The highest BCUT2D eigenvalue weighted by atomic mass is 32.2. The monoisotopic (exact) mass is 354 g/mol. The van der Waals surface area contributed by atoms with Gasteiger partial charge in [-0.25, -0.2) is 0 Å². The number of hydrogen-bond donors (Lipinski definition) is 3. The van der Waals surface area contributed by atoms with Crippen LogP contribution in [0.4, 0.5) is 20.4 Å². The number of phenols is 1. The summed E-state index contributed by atoms with van der Waals surface area (Å²) in [6.45, 7) is 0. The second kappa shape index (κ2) is 5.62. The van der Waals surface area contributed by atoms with Crippen LogP contribution in [0.15, 0.2) is 35.2 Å². The molecule has 0 saturated carbocycles. The lowest BCUT2D eigenvalue weighted by atomic mass is 10.1.